The first-order valence-corrected chi connectivity index (χ1v) is 12.1. The fourth-order valence-electron chi connectivity index (χ4n) is 3.75. The number of rotatable bonds is 7. The Kier molecular flexibility index (Phi) is 7.88. The first-order chi connectivity index (χ1) is 13.9. The molecule has 3 rings (SSSR count). The van der Waals surface area contributed by atoms with E-state index < -0.39 is 10.0 Å². The fourth-order valence-corrected chi connectivity index (χ4v) is 4.55. The van der Waals surface area contributed by atoms with E-state index in [1.165, 1.54) is 6.42 Å². The van der Waals surface area contributed by atoms with Crippen molar-refractivity contribution >= 4 is 21.7 Å². The second kappa shape index (κ2) is 10.4. The number of benzene rings is 1. The summed E-state index contributed by atoms with van der Waals surface area (Å²) in [6.07, 6.45) is 6.17. The van der Waals surface area contributed by atoms with Gasteiger partial charge in [0.05, 0.1) is 25.6 Å². The molecule has 0 aliphatic carbocycles. The number of piperidine rings is 1. The third-order valence-electron chi connectivity index (χ3n) is 5.11. The van der Waals surface area contributed by atoms with Gasteiger partial charge in [0, 0.05) is 31.4 Å². The zero-order valence-electron chi connectivity index (χ0n) is 16.9. The van der Waals surface area contributed by atoms with Gasteiger partial charge in [0.15, 0.2) is 0 Å². The SMILES string of the molecule is CS(=O)(=O)N[C@@H]1CCCN(C(=O)Nc2cccc(COC[C@@H]3CCCCO3)c2)C1. The summed E-state index contributed by atoms with van der Waals surface area (Å²) in [5.41, 5.74) is 1.68. The molecule has 9 heteroatoms. The fraction of sp³-hybridized carbons (Fsp3) is 0.650. The van der Waals surface area contributed by atoms with Crippen LogP contribution in [0, 0.1) is 0 Å². The number of carbonyl (C=O) groups excluding carboxylic acids is 1. The number of anilines is 1. The quantitative estimate of drug-likeness (QED) is 0.699. The van der Waals surface area contributed by atoms with Gasteiger partial charge in [0.1, 0.15) is 0 Å². The van der Waals surface area contributed by atoms with Gasteiger partial charge >= 0.3 is 6.03 Å². The van der Waals surface area contributed by atoms with Crippen LogP contribution >= 0.6 is 0 Å². The molecule has 2 saturated heterocycles. The van der Waals surface area contributed by atoms with Crippen LogP contribution in [0.4, 0.5) is 10.5 Å². The zero-order chi connectivity index (χ0) is 20.7. The van der Waals surface area contributed by atoms with E-state index in [0.29, 0.717) is 32.0 Å². The van der Waals surface area contributed by atoms with Crippen molar-refractivity contribution in [3.63, 3.8) is 0 Å². The topological polar surface area (TPSA) is 97.0 Å². The largest absolute Gasteiger partial charge is 0.376 e. The van der Waals surface area contributed by atoms with E-state index in [0.717, 1.165) is 44.1 Å². The van der Waals surface area contributed by atoms with Crippen LogP contribution in [0.1, 0.15) is 37.7 Å². The summed E-state index contributed by atoms with van der Waals surface area (Å²) in [7, 11) is -3.29. The van der Waals surface area contributed by atoms with Gasteiger partial charge in [-0.25, -0.2) is 17.9 Å². The first-order valence-electron chi connectivity index (χ1n) is 10.2. The molecular formula is C20H31N3O5S. The van der Waals surface area contributed by atoms with Crippen molar-refractivity contribution in [1.29, 1.82) is 0 Å². The number of hydrogen-bond acceptors (Lipinski definition) is 5. The van der Waals surface area contributed by atoms with Crippen LogP contribution in [0.2, 0.25) is 0 Å². The number of sulfonamides is 1. The number of nitrogens with zero attached hydrogens (tertiary/aromatic N) is 1. The van der Waals surface area contributed by atoms with Gasteiger partial charge < -0.3 is 19.7 Å². The minimum atomic E-state index is -3.29. The Labute approximate surface area is 173 Å². The van der Waals surface area contributed by atoms with Crippen molar-refractivity contribution in [2.45, 2.75) is 50.9 Å². The number of amides is 2. The number of likely N-dealkylation sites (tertiary alicyclic amines) is 1. The molecule has 0 spiro atoms. The Morgan fingerprint density at radius 2 is 2.14 bits per heavy atom. The average Bonchev–Trinajstić information content (AvgIpc) is 2.68. The van der Waals surface area contributed by atoms with Gasteiger partial charge in [-0.2, -0.15) is 0 Å². The highest BCUT2D eigenvalue weighted by atomic mass is 32.2. The maximum Gasteiger partial charge on any atom is 0.321 e. The van der Waals surface area contributed by atoms with E-state index in [4.69, 9.17) is 9.47 Å². The van der Waals surface area contributed by atoms with Crippen LogP contribution < -0.4 is 10.0 Å². The Balaban J connectivity index is 1.48. The van der Waals surface area contributed by atoms with E-state index in [9.17, 15) is 13.2 Å². The number of urea groups is 1. The minimum absolute atomic E-state index is 0.180. The van der Waals surface area contributed by atoms with Crippen LogP contribution in [0.15, 0.2) is 24.3 Å². The highest BCUT2D eigenvalue weighted by Crippen LogP contribution is 2.17. The molecule has 0 aromatic heterocycles. The molecule has 1 aromatic rings. The Morgan fingerprint density at radius 3 is 2.90 bits per heavy atom. The molecule has 2 N–H and O–H groups in total. The summed E-state index contributed by atoms with van der Waals surface area (Å²) >= 11 is 0. The molecule has 2 fully saturated rings. The number of nitrogens with one attached hydrogen (secondary N) is 2. The summed E-state index contributed by atoms with van der Waals surface area (Å²) in [6, 6.07) is 7.11. The Bertz CT molecular complexity index is 780. The summed E-state index contributed by atoms with van der Waals surface area (Å²) in [4.78, 5) is 14.2. The van der Waals surface area contributed by atoms with Gasteiger partial charge in [0.2, 0.25) is 10.0 Å². The van der Waals surface area contributed by atoms with Crippen molar-refractivity contribution in [3.8, 4) is 0 Å². The van der Waals surface area contributed by atoms with E-state index in [1.807, 2.05) is 24.3 Å². The standard InChI is InChI=1S/C20H31N3O5S/c1-29(25,26)22-18-8-5-10-23(13-18)20(24)21-17-7-4-6-16(12-17)14-27-15-19-9-2-3-11-28-19/h4,6-7,12,18-19,22H,2-3,5,8-11,13-15H2,1H3,(H,21,24)/t18-,19+/m1/s1. The molecule has 2 aliphatic rings. The monoisotopic (exact) mass is 425 g/mol. The molecule has 8 nitrogen and oxygen atoms in total. The molecule has 2 amide bonds. The lowest BCUT2D eigenvalue weighted by Gasteiger charge is -2.32. The lowest BCUT2D eigenvalue weighted by molar-refractivity contribution is -0.0447. The average molecular weight is 426 g/mol. The molecule has 0 unspecified atom stereocenters. The molecule has 2 aliphatic heterocycles. The van der Waals surface area contributed by atoms with Crippen LogP contribution in [0.25, 0.3) is 0 Å². The third kappa shape index (κ3) is 7.58. The lowest BCUT2D eigenvalue weighted by Crippen LogP contribution is -2.50. The number of ether oxygens (including phenoxy) is 2. The minimum Gasteiger partial charge on any atom is -0.376 e. The zero-order valence-corrected chi connectivity index (χ0v) is 17.7. The lowest BCUT2D eigenvalue weighted by atomic mass is 10.1. The van der Waals surface area contributed by atoms with E-state index in [1.54, 1.807) is 4.90 Å². The van der Waals surface area contributed by atoms with Gasteiger partial charge in [-0.05, 0) is 49.8 Å². The predicted molar refractivity (Wildman–Crippen MR) is 111 cm³/mol. The molecule has 162 valence electrons. The van der Waals surface area contributed by atoms with Crippen molar-refractivity contribution in [3.05, 3.63) is 29.8 Å². The van der Waals surface area contributed by atoms with Crippen LogP contribution in [-0.4, -0.2) is 64.1 Å². The molecule has 29 heavy (non-hydrogen) atoms. The highest BCUT2D eigenvalue weighted by molar-refractivity contribution is 7.88. The van der Waals surface area contributed by atoms with Crippen molar-refractivity contribution in [2.24, 2.45) is 0 Å². The second-order valence-corrected chi connectivity index (χ2v) is 9.59. The van der Waals surface area contributed by atoms with E-state index in [-0.39, 0.29) is 18.2 Å². The summed E-state index contributed by atoms with van der Waals surface area (Å²) in [5, 5.41) is 2.90. The number of carbonyl (C=O) groups is 1. The summed E-state index contributed by atoms with van der Waals surface area (Å²) < 4.78 is 36.9. The van der Waals surface area contributed by atoms with Crippen molar-refractivity contribution < 1.29 is 22.7 Å². The third-order valence-corrected chi connectivity index (χ3v) is 5.88. The Hall–Kier alpha value is -1.68. The van der Waals surface area contributed by atoms with Gasteiger partial charge in [-0.3, -0.25) is 0 Å². The normalized spacial score (nSPS) is 23.0. The van der Waals surface area contributed by atoms with E-state index >= 15 is 0 Å². The Morgan fingerprint density at radius 1 is 1.28 bits per heavy atom. The molecule has 2 heterocycles. The van der Waals surface area contributed by atoms with Crippen molar-refractivity contribution in [2.75, 3.05) is 37.9 Å². The van der Waals surface area contributed by atoms with Crippen LogP contribution in [-0.2, 0) is 26.1 Å². The summed E-state index contributed by atoms with van der Waals surface area (Å²) in [5.74, 6) is 0. The second-order valence-electron chi connectivity index (χ2n) is 7.81. The first kappa shape index (κ1) is 22.0. The molecule has 1 aromatic carbocycles. The van der Waals surface area contributed by atoms with Gasteiger partial charge in [0.25, 0.3) is 0 Å². The van der Waals surface area contributed by atoms with Crippen LogP contribution in [0.5, 0.6) is 0 Å². The van der Waals surface area contributed by atoms with Gasteiger partial charge in [-0.15, -0.1) is 0 Å². The molecule has 0 bridgehead atoms. The molecule has 2 atom stereocenters. The summed E-state index contributed by atoms with van der Waals surface area (Å²) in [6.45, 7) is 2.83. The highest BCUT2D eigenvalue weighted by Gasteiger charge is 2.25. The van der Waals surface area contributed by atoms with E-state index in [2.05, 4.69) is 10.0 Å². The van der Waals surface area contributed by atoms with Gasteiger partial charge in [-0.1, -0.05) is 12.1 Å². The molecular weight excluding hydrogens is 394 g/mol. The smallest absolute Gasteiger partial charge is 0.321 e. The maximum absolute atomic E-state index is 12.6. The maximum atomic E-state index is 12.6. The molecule has 0 radical (unpaired) electrons. The number of hydrogen-bond donors (Lipinski definition) is 2. The van der Waals surface area contributed by atoms with Crippen molar-refractivity contribution in [1.82, 2.24) is 9.62 Å². The predicted octanol–water partition coefficient (Wildman–Crippen LogP) is 2.32. The molecule has 0 saturated carbocycles. The van der Waals surface area contributed by atoms with Crippen LogP contribution in [0.3, 0.4) is 0 Å².